The molecule has 0 radical (unpaired) electrons. The van der Waals surface area contributed by atoms with Gasteiger partial charge in [-0.05, 0) is 30.3 Å². The van der Waals surface area contributed by atoms with Crippen molar-refractivity contribution in [3.8, 4) is 5.75 Å². The highest BCUT2D eigenvalue weighted by Crippen LogP contribution is 2.23. The summed E-state index contributed by atoms with van der Waals surface area (Å²) in [5.41, 5.74) is 0.303. The number of imidazole rings is 1. The fourth-order valence-corrected chi connectivity index (χ4v) is 2.53. The molecule has 1 aromatic heterocycles. The second-order valence-corrected chi connectivity index (χ2v) is 5.66. The Kier molecular flexibility index (Phi) is 5.26. The Balaban J connectivity index is 1.75. The Bertz CT molecular complexity index is 894. The summed E-state index contributed by atoms with van der Waals surface area (Å²) in [6.07, 6.45) is 3.29. The zero-order chi connectivity index (χ0) is 18.5. The van der Waals surface area contributed by atoms with Gasteiger partial charge in [0.1, 0.15) is 29.3 Å². The second kappa shape index (κ2) is 7.77. The quantitative estimate of drug-likeness (QED) is 0.738. The van der Waals surface area contributed by atoms with Crippen LogP contribution >= 0.6 is 0 Å². The van der Waals surface area contributed by atoms with Crippen molar-refractivity contribution in [3.63, 3.8) is 0 Å². The van der Waals surface area contributed by atoms with E-state index in [1.54, 1.807) is 42.2 Å². The van der Waals surface area contributed by atoms with Gasteiger partial charge in [-0.1, -0.05) is 18.2 Å². The molecular formula is C19H17F2N3O2. The van der Waals surface area contributed by atoms with Gasteiger partial charge < -0.3 is 14.6 Å². The molecule has 2 aromatic carbocycles. The molecule has 0 unspecified atom stereocenters. The molecule has 134 valence electrons. The number of aryl methyl sites for hydroxylation is 1. The first-order valence-corrected chi connectivity index (χ1v) is 7.94. The van der Waals surface area contributed by atoms with Crippen LogP contribution in [0.2, 0.25) is 0 Å². The summed E-state index contributed by atoms with van der Waals surface area (Å²) in [7, 11) is 1.76. The van der Waals surface area contributed by atoms with Crippen LogP contribution in [-0.4, -0.2) is 22.1 Å². The molecule has 0 aliphatic carbocycles. The Morgan fingerprint density at radius 2 is 1.92 bits per heavy atom. The monoisotopic (exact) mass is 357 g/mol. The predicted molar refractivity (Wildman–Crippen MR) is 91.5 cm³/mol. The van der Waals surface area contributed by atoms with E-state index in [1.165, 1.54) is 30.3 Å². The van der Waals surface area contributed by atoms with Crippen molar-refractivity contribution in [2.75, 3.05) is 6.61 Å². The van der Waals surface area contributed by atoms with E-state index in [-0.39, 0.29) is 6.61 Å². The Morgan fingerprint density at radius 3 is 2.58 bits per heavy atom. The van der Waals surface area contributed by atoms with Crippen molar-refractivity contribution >= 4 is 5.91 Å². The topological polar surface area (TPSA) is 56.2 Å². The van der Waals surface area contributed by atoms with Gasteiger partial charge in [-0.3, -0.25) is 4.79 Å². The molecule has 1 heterocycles. The normalized spacial score (nSPS) is 11.8. The molecular weight excluding hydrogens is 340 g/mol. The third-order valence-corrected chi connectivity index (χ3v) is 3.82. The number of benzene rings is 2. The van der Waals surface area contributed by atoms with Gasteiger partial charge in [-0.15, -0.1) is 0 Å². The van der Waals surface area contributed by atoms with E-state index < -0.39 is 23.6 Å². The number of amides is 1. The van der Waals surface area contributed by atoms with Gasteiger partial charge in [0.05, 0.1) is 0 Å². The third kappa shape index (κ3) is 4.05. The van der Waals surface area contributed by atoms with Gasteiger partial charge in [0.15, 0.2) is 6.61 Å². The van der Waals surface area contributed by atoms with Crippen molar-refractivity contribution in [2.45, 2.75) is 6.04 Å². The van der Waals surface area contributed by atoms with Gasteiger partial charge in [0.2, 0.25) is 0 Å². The van der Waals surface area contributed by atoms with Gasteiger partial charge >= 0.3 is 0 Å². The summed E-state index contributed by atoms with van der Waals surface area (Å²) in [5, 5.41) is 2.74. The summed E-state index contributed by atoms with van der Waals surface area (Å²) in [5.74, 6) is -0.437. The first-order chi connectivity index (χ1) is 12.5. The summed E-state index contributed by atoms with van der Waals surface area (Å²) in [6.45, 7) is -0.291. The van der Waals surface area contributed by atoms with E-state index >= 15 is 0 Å². The number of nitrogens with zero attached hydrogens (tertiary/aromatic N) is 2. The van der Waals surface area contributed by atoms with E-state index in [0.29, 0.717) is 17.1 Å². The van der Waals surface area contributed by atoms with E-state index in [0.717, 1.165) is 0 Å². The van der Waals surface area contributed by atoms with Crippen molar-refractivity contribution in [3.05, 3.63) is 83.9 Å². The number of hydrogen-bond acceptors (Lipinski definition) is 3. The highest BCUT2D eigenvalue weighted by molar-refractivity contribution is 5.78. The molecule has 1 N–H and O–H groups in total. The molecule has 0 bridgehead atoms. The lowest BCUT2D eigenvalue weighted by Gasteiger charge is -2.19. The SMILES string of the molecule is Cn1ccnc1[C@@H](NC(=O)COc1ccc(F)cc1)c1ccccc1F. The zero-order valence-corrected chi connectivity index (χ0v) is 14.0. The standard InChI is InChI=1S/C19H17F2N3O2/c1-24-11-10-22-19(24)18(15-4-2-3-5-16(15)21)23-17(25)12-26-14-8-6-13(20)7-9-14/h2-11,18H,12H2,1H3,(H,23,25)/t18-/m0/s1. The zero-order valence-electron chi connectivity index (χ0n) is 14.0. The Morgan fingerprint density at radius 1 is 1.19 bits per heavy atom. The largest absolute Gasteiger partial charge is 0.484 e. The van der Waals surface area contributed by atoms with Crippen LogP contribution in [0.3, 0.4) is 0 Å². The number of hydrogen-bond donors (Lipinski definition) is 1. The highest BCUT2D eigenvalue weighted by atomic mass is 19.1. The maximum atomic E-state index is 14.2. The lowest BCUT2D eigenvalue weighted by Crippen LogP contribution is -2.35. The van der Waals surface area contributed by atoms with E-state index in [2.05, 4.69) is 10.3 Å². The van der Waals surface area contributed by atoms with Crippen LogP contribution in [0, 0.1) is 11.6 Å². The lowest BCUT2D eigenvalue weighted by atomic mass is 10.1. The smallest absolute Gasteiger partial charge is 0.258 e. The van der Waals surface area contributed by atoms with Crippen molar-refractivity contribution in [1.82, 2.24) is 14.9 Å². The minimum Gasteiger partial charge on any atom is -0.484 e. The molecule has 1 atom stereocenters. The van der Waals surface area contributed by atoms with Crippen molar-refractivity contribution in [2.24, 2.45) is 7.05 Å². The third-order valence-electron chi connectivity index (χ3n) is 3.82. The fraction of sp³-hybridized carbons (Fsp3) is 0.158. The molecule has 0 fully saturated rings. The first kappa shape index (κ1) is 17.6. The Labute approximate surface area is 149 Å². The number of rotatable bonds is 6. The molecule has 7 heteroatoms. The molecule has 0 saturated carbocycles. The molecule has 3 rings (SSSR count). The number of halogens is 2. The van der Waals surface area contributed by atoms with Crippen LogP contribution in [0.15, 0.2) is 60.9 Å². The molecule has 0 saturated heterocycles. The minimum atomic E-state index is -0.763. The molecule has 0 aliphatic rings. The average Bonchev–Trinajstić information content (AvgIpc) is 3.06. The maximum absolute atomic E-state index is 14.2. The number of aromatic nitrogens is 2. The van der Waals surface area contributed by atoms with Crippen LogP contribution < -0.4 is 10.1 Å². The van der Waals surface area contributed by atoms with Gasteiger partial charge in [-0.2, -0.15) is 0 Å². The van der Waals surface area contributed by atoms with Gasteiger partial charge in [-0.25, -0.2) is 13.8 Å². The summed E-state index contributed by atoms with van der Waals surface area (Å²) < 4.78 is 34.2. The summed E-state index contributed by atoms with van der Waals surface area (Å²) >= 11 is 0. The van der Waals surface area contributed by atoms with Crippen molar-refractivity contribution < 1.29 is 18.3 Å². The number of carbonyl (C=O) groups excluding carboxylic acids is 1. The van der Waals surface area contributed by atoms with E-state index in [9.17, 15) is 13.6 Å². The average molecular weight is 357 g/mol. The molecule has 3 aromatic rings. The molecule has 26 heavy (non-hydrogen) atoms. The highest BCUT2D eigenvalue weighted by Gasteiger charge is 2.23. The Hall–Kier alpha value is -3.22. The number of nitrogens with one attached hydrogen (secondary N) is 1. The second-order valence-electron chi connectivity index (χ2n) is 5.66. The predicted octanol–water partition coefficient (Wildman–Crippen LogP) is 2.98. The first-order valence-electron chi connectivity index (χ1n) is 7.94. The molecule has 0 aliphatic heterocycles. The maximum Gasteiger partial charge on any atom is 0.258 e. The van der Waals surface area contributed by atoms with Gasteiger partial charge in [0.25, 0.3) is 5.91 Å². The summed E-state index contributed by atoms with van der Waals surface area (Å²) in [4.78, 5) is 16.5. The number of ether oxygens (including phenoxy) is 1. The summed E-state index contributed by atoms with van der Waals surface area (Å²) in [6, 6.07) is 10.8. The number of carbonyl (C=O) groups is 1. The van der Waals surface area contributed by atoms with E-state index in [1.807, 2.05) is 0 Å². The van der Waals surface area contributed by atoms with Gasteiger partial charge in [0, 0.05) is 25.0 Å². The van der Waals surface area contributed by atoms with Crippen LogP contribution in [0.25, 0.3) is 0 Å². The molecule has 5 nitrogen and oxygen atoms in total. The van der Waals surface area contributed by atoms with Crippen LogP contribution in [-0.2, 0) is 11.8 Å². The van der Waals surface area contributed by atoms with Crippen LogP contribution in [0.1, 0.15) is 17.4 Å². The lowest BCUT2D eigenvalue weighted by molar-refractivity contribution is -0.123. The van der Waals surface area contributed by atoms with E-state index in [4.69, 9.17) is 4.74 Å². The fourth-order valence-electron chi connectivity index (χ4n) is 2.53. The minimum absolute atomic E-state index is 0.291. The van der Waals surface area contributed by atoms with Crippen LogP contribution in [0.4, 0.5) is 8.78 Å². The van der Waals surface area contributed by atoms with Crippen molar-refractivity contribution in [1.29, 1.82) is 0 Å². The van der Waals surface area contributed by atoms with Crippen LogP contribution in [0.5, 0.6) is 5.75 Å². The molecule has 0 spiro atoms. The molecule has 1 amide bonds.